The Hall–Kier alpha value is -3.23. The summed E-state index contributed by atoms with van der Waals surface area (Å²) < 4.78 is 18.8. The van der Waals surface area contributed by atoms with E-state index < -0.39 is 22.3 Å². The zero-order valence-corrected chi connectivity index (χ0v) is 15.3. The summed E-state index contributed by atoms with van der Waals surface area (Å²) in [4.78, 5) is 36.1. The van der Waals surface area contributed by atoms with Crippen LogP contribution in [-0.2, 0) is 16.0 Å². The maximum atomic E-state index is 13.5. The summed E-state index contributed by atoms with van der Waals surface area (Å²) in [5.74, 6) is -1.28. The van der Waals surface area contributed by atoms with Crippen molar-refractivity contribution in [3.63, 3.8) is 0 Å². The van der Waals surface area contributed by atoms with E-state index in [0.717, 1.165) is 17.9 Å². The molecule has 0 radical (unpaired) electrons. The molecule has 2 atom stereocenters. The predicted molar refractivity (Wildman–Crippen MR) is 98.1 cm³/mol. The first-order valence-corrected chi connectivity index (χ1v) is 8.92. The van der Waals surface area contributed by atoms with E-state index in [9.17, 15) is 24.1 Å². The quantitative estimate of drug-likeness (QED) is 0.579. The number of aryl methyl sites for hydroxylation is 1. The van der Waals surface area contributed by atoms with E-state index in [-0.39, 0.29) is 36.5 Å². The molecule has 148 valence electrons. The number of benzene rings is 1. The number of furan rings is 1. The average Bonchev–Trinajstić information content (AvgIpc) is 3.30. The summed E-state index contributed by atoms with van der Waals surface area (Å²) >= 11 is 0. The van der Waals surface area contributed by atoms with Gasteiger partial charge in [-0.25, -0.2) is 0 Å². The number of nitrogens with zero attached hydrogens (tertiary/aromatic N) is 2. The van der Waals surface area contributed by atoms with Gasteiger partial charge in [-0.15, -0.1) is 0 Å². The number of amides is 2. The normalized spacial score (nSPS) is 17.6. The Kier molecular flexibility index (Phi) is 5.72. The monoisotopic (exact) mass is 389 g/mol. The molecule has 1 aromatic heterocycles. The number of hydrogen-bond donors (Lipinski definition) is 1. The molecule has 2 aromatic rings. The third-order valence-electron chi connectivity index (χ3n) is 4.73. The van der Waals surface area contributed by atoms with Crippen molar-refractivity contribution in [1.29, 1.82) is 0 Å². The molecule has 28 heavy (non-hydrogen) atoms. The van der Waals surface area contributed by atoms with Crippen LogP contribution < -0.4 is 10.2 Å². The minimum Gasteiger partial charge on any atom is -0.469 e. The van der Waals surface area contributed by atoms with Crippen LogP contribution in [0.15, 0.2) is 41.0 Å². The smallest absolute Gasteiger partial charge is 0.306 e. The van der Waals surface area contributed by atoms with Gasteiger partial charge in [0.15, 0.2) is 0 Å². The maximum Gasteiger partial charge on any atom is 0.306 e. The molecule has 0 bridgehead atoms. The highest BCUT2D eigenvalue weighted by atomic mass is 19.1. The second kappa shape index (κ2) is 8.20. The van der Waals surface area contributed by atoms with Gasteiger partial charge in [-0.1, -0.05) is 0 Å². The van der Waals surface area contributed by atoms with E-state index in [1.807, 2.05) is 13.0 Å². The molecular weight excluding hydrogens is 369 g/mol. The molecule has 1 fully saturated rings. The lowest BCUT2D eigenvalue weighted by atomic mass is 10.1. The Labute approximate surface area is 160 Å². The van der Waals surface area contributed by atoms with Crippen molar-refractivity contribution in [2.24, 2.45) is 5.92 Å². The van der Waals surface area contributed by atoms with E-state index >= 15 is 0 Å². The third kappa shape index (κ3) is 4.36. The highest BCUT2D eigenvalue weighted by Crippen LogP contribution is 2.29. The molecule has 2 unspecified atom stereocenters. The molecule has 0 saturated carbocycles. The first-order chi connectivity index (χ1) is 13.3. The van der Waals surface area contributed by atoms with E-state index in [1.165, 1.54) is 11.0 Å². The van der Waals surface area contributed by atoms with E-state index in [2.05, 4.69) is 5.32 Å². The Morgan fingerprint density at radius 1 is 1.46 bits per heavy atom. The lowest BCUT2D eigenvalue weighted by Crippen LogP contribution is -2.38. The number of anilines is 1. The second-order valence-corrected chi connectivity index (χ2v) is 6.83. The fraction of sp³-hybridized carbons (Fsp3) is 0.368. The van der Waals surface area contributed by atoms with Crippen molar-refractivity contribution in [2.45, 2.75) is 32.2 Å². The minimum absolute atomic E-state index is 0.00190. The van der Waals surface area contributed by atoms with Gasteiger partial charge < -0.3 is 14.6 Å². The van der Waals surface area contributed by atoms with Crippen molar-refractivity contribution >= 4 is 23.2 Å². The molecule has 8 nitrogen and oxygen atoms in total. The van der Waals surface area contributed by atoms with Gasteiger partial charge in [0, 0.05) is 31.5 Å². The molecule has 3 rings (SSSR count). The minimum atomic E-state index is -0.972. The summed E-state index contributed by atoms with van der Waals surface area (Å²) in [7, 11) is 0. The van der Waals surface area contributed by atoms with Crippen LogP contribution in [0.2, 0.25) is 0 Å². The number of hydrogen-bond acceptors (Lipinski definition) is 5. The Bertz CT molecular complexity index is 884. The Morgan fingerprint density at radius 2 is 2.25 bits per heavy atom. The lowest BCUT2D eigenvalue weighted by Gasteiger charge is -2.18. The fourth-order valence-electron chi connectivity index (χ4n) is 3.19. The van der Waals surface area contributed by atoms with Gasteiger partial charge >= 0.3 is 5.69 Å². The Morgan fingerprint density at radius 3 is 2.93 bits per heavy atom. The highest BCUT2D eigenvalue weighted by Gasteiger charge is 2.36. The van der Waals surface area contributed by atoms with Crippen molar-refractivity contribution in [2.75, 3.05) is 11.4 Å². The van der Waals surface area contributed by atoms with Gasteiger partial charge in [0.05, 0.1) is 22.8 Å². The van der Waals surface area contributed by atoms with E-state index in [4.69, 9.17) is 4.42 Å². The third-order valence-corrected chi connectivity index (χ3v) is 4.73. The number of nitro benzene ring substituents is 1. The lowest BCUT2D eigenvalue weighted by molar-refractivity contribution is -0.387. The molecule has 1 N–H and O–H groups in total. The first kappa shape index (κ1) is 19.5. The topological polar surface area (TPSA) is 106 Å². The molecule has 0 spiro atoms. The Balaban J connectivity index is 1.59. The summed E-state index contributed by atoms with van der Waals surface area (Å²) in [5, 5.41) is 13.8. The van der Waals surface area contributed by atoms with Gasteiger partial charge in [-0.05, 0) is 37.6 Å². The van der Waals surface area contributed by atoms with Crippen molar-refractivity contribution in [3.05, 3.63) is 58.3 Å². The SMILES string of the molecule is CC(CCc1ccco1)NC(=O)C1CC(=O)N(c2ccc(F)c([N+](=O)[O-])c2)C1. The molecule has 1 aliphatic heterocycles. The number of halogens is 1. The van der Waals surface area contributed by atoms with Gasteiger partial charge in [-0.2, -0.15) is 4.39 Å². The molecule has 1 aromatic carbocycles. The van der Waals surface area contributed by atoms with E-state index in [0.29, 0.717) is 12.8 Å². The standard InChI is InChI=1S/C19H20FN3O5/c1-12(4-6-15-3-2-8-28-15)21-19(25)13-9-18(24)22(11-13)14-5-7-16(20)17(10-14)23(26)27/h2-3,5,7-8,10,12-13H,4,6,9,11H2,1H3,(H,21,25). The number of nitrogens with one attached hydrogen (secondary N) is 1. The molecule has 2 heterocycles. The van der Waals surface area contributed by atoms with Crippen LogP contribution in [0.4, 0.5) is 15.8 Å². The number of carbonyl (C=O) groups excluding carboxylic acids is 2. The van der Waals surface area contributed by atoms with Gasteiger partial charge in [0.25, 0.3) is 0 Å². The summed E-state index contributed by atoms with van der Waals surface area (Å²) in [5.41, 5.74) is -0.496. The van der Waals surface area contributed by atoms with Crippen LogP contribution in [0.5, 0.6) is 0 Å². The van der Waals surface area contributed by atoms with Gasteiger partial charge in [0.1, 0.15) is 5.76 Å². The fourth-order valence-corrected chi connectivity index (χ4v) is 3.19. The zero-order chi connectivity index (χ0) is 20.3. The van der Waals surface area contributed by atoms with Crippen LogP contribution >= 0.6 is 0 Å². The zero-order valence-electron chi connectivity index (χ0n) is 15.3. The molecular formula is C19H20FN3O5. The van der Waals surface area contributed by atoms with Crippen molar-refractivity contribution < 1.29 is 23.3 Å². The van der Waals surface area contributed by atoms with E-state index in [1.54, 1.807) is 12.3 Å². The number of carbonyl (C=O) groups is 2. The van der Waals surface area contributed by atoms with Crippen LogP contribution in [0.1, 0.15) is 25.5 Å². The highest BCUT2D eigenvalue weighted by molar-refractivity contribution is 6.00. The van der Waals surface area contributed by atoms with Crippen LogP contribution in [-0.4, -0.2) is 29.3 Å². The van der Waals surface area contributed by atoms with Crippen molar-refractivity contribution in [1.82, 2.24) is 5.32 Å². The molecule has 1 saturated heterocycles. The molecule has 9 heteroatoms. The van der Waals surface area contributed by atoms with Crippen LogP contribution in [0, 0.1) is 21.8 Å². The maximum absolute atomic E-state index is 13.5. The molecule has 1 aliphatic rings. The molecule has 0 aliphatic carbocycles. The molecule has 2 amide bonds. The van der Waals surface area contributed by atoms with Gasteiger partial charge in [-0.3, -0.25) is 19.7 Å². The number of rotatable bonds is 7. The first-order valence-electron chi connectivity index (χ1n) is 8.92. The van der Waals surface area contributed by atoms with Crippen LogP contribution in [0.3, 0.4) is 0 Å². The summed E-state index contributed by atoms with van der Waals surface area (Å²) in [6, 6.07) is 6.83. The van der Waals surface area contributed by atoms with Gasteiger partial charge in [0.2, 0.25) is 17.6 Å². The average molecular weight is 389 g/mol. The predicted octanol–water partition coefficient (Wildman–Crippen LogP) is 2.82. The number of nitro groups is 1. The summed E-state index contributed by atoms with van der Waals surface area (Å²) in [6.45, 7) is 1.97. The largest absolute Gasteiger partial charge is 0.469 e. The van der Waals surface area contributed by atoms with Crippen molar-refractivity contribution in [3.8, 4) is 0 Å². The second-order valence-electron chi connectivity index (χ2n) is 6.83. The summed E-state index contributed by atoms with van der Waals surface area (Å²) in [6.07, 6.45) is 2.97. The van der Waals surface area contributed by atoms with Crippen LogP contribution in [0.25, 0.3) is 0 Å².